The minimum Gasteiger partial charge on any atom is -0.493 e. The van der Waals surface area contributed by atoms with Gasteiger partial charge in [0.15, 0.2) is 0 Å². The van der Waals surface area contributed by atoms with Crippen molar-refractivity contribution in [1.82, 2.24) is 9.97 Å². The van der Waals surface area contributed by atoms with Gasteiger partial charge >= 0.3 is 5.97 Å². The van der Waals surface area contributed by atoms with Crippen molar-refractivity contribution in [2.45, 2.75) is 12.3 Å². The van der Waals surface area contributed by atoms with Crippen molar-refractivity contribution in [2.75, 3.05) is 18.5 Å². The molecule has 0 radical (unpaired) electrons. The van der Waals surface area contributed by atoms with E-state index in [-0.39, 0.29) is 11.5 Å². The molecule has 0 fully saturated rings. The Hall–Kier alpha value is -3.41. The van der Waals surface area contributed by atoms with Crippen molar-refractivity contribution in [2.24, 2.45) is 0 Å². The van der Waals surface area contributed by atoms with Gasteiger partial charge in [-0.15, -0.1) is 0 Å². The van der Waals surface area contributed by atoms with Gasteiger partial charge in [-0.05, 0) is 35.7 Å². The fourth-order valence-corrected chi connectivity index (χ4v) is 3.34. The lowest BCUT2D eigenvalue weighted by molar-refractivity contribution is 0.0697. The van der Waals surface area contributed by atoms with Crippen LogP contribution in [0, 0.1) is 0 Å². The molecule has 27 heavy (non-hydrogen) atoms. The first-order valence-electron chi connectivity index (χ1n) is 8.80. The SMILES string of the molecule is O=C(O)c1ccncc1NC[C@H]1CCOc2cc(-c3cccnc3)ccc21. The van der Waals surface area contributed by atoms with Crippen molar-refractivity contribution in [3.05, 3.63) is 72.3 Å². The maximum atomic E-state index is 11.4. The first kappa shape index (κ1) is 17.0. The van der Waals surface area contributed by atoms with Gasteiger partial charge in [0.05, 0.1) is 24.1 Å². The van der Waals surface area contributed by atoms with E-state index in [1.807, 2.05) is 24.4 Å². The summed E-state index contributed by atoms with van der Waals surface area (Å²) in [5.74, 6) is 0.144. The summed E-state index contributed by atoms with van der Waals surface area (Å²) in [5, 5.41) is 12.5. The summed E-state index contributed by atoms with van der Waals surface area (Å²) in [4.78, 5) is 19.5. The largest absolute Gasteiger partial charge is 0.493 e. The van der Waals surface area contributed by atoms with E-state index in [1.165, 1.54) is 12.3 Å². The summed E-state index contributed by atoms with van der Waals surface area (Å²) < 4.78 is 5.88. The summed E-state index contributed by atoms with van der Waals surface area (Å²) in [6.07, 6.45) is 7.49. The van der Waals surface area contributed by atoms with Gasteiger partial charge in [0.1, 0.15) is 5.75 Å². The Kier molecular flexibility index (Phi) is 4.70. The third kappa shape index (κ3) is 3.60. The average molecular weight is 361 g/mol. The number of fused-ring (bicyclic) bond motifs is 1. The minimum absolute atomic E-state index is 0.226. The Balaban J connectivity index is 1.55. The molecule has 2 aromatic heterocycles. The lowest BCUT2D eigenvalue weighted by atomic mass is 9.91. The number of aromatic nitrogens is 2. The molecule has 136 valence electrons. The smallest absolute Gasteiger partial charge is 0.337 e. The Bertz CT molecular complexity index is 960. The maximum absolute atomic E-state index is 11.4. The highest BCUT2D eigenvalue weighted by Crippen LogP contribution is 2.36. The van der Waals surface area contributed by atoms with E-state index in [0.717, 1.165) is 28.9 Å². The number of carbonyl (C=O) groups is 1. The van der Waals surface area contributed by atoms with Gasteiger partial charge in [0, 0.05) is 36.6 Å². The second kappa shape index (κ2) is 7.45. The van der Waals surface area contributed by atoms with E-state index in [4.69, 9.17) is 4.74 Å². The molecule has 3 heterocycles. The number of ether oxygens (including phenoxy) is 1. The quantitative estimate of drug-likeness (QED) is 0.719. The molecule has 3 aromatic rings. The summed E-state index contributed by atoms with van der Waals surface area (Å²) in [5.41, 5.74) is 4.00. The van der Waals surface area contributed by atoms with Gasteiger partial charge in [-0.25, -0.2) is 4.79 Å². The van der Waals surface area contributed by atoms with Gasteiger partial charge in [-0.1, -0.05) is 18.2 Å². The van der Waals surface area contributed by atoms with Crippen LogP contribution in [0.5, 0.6) is 5.75 Å². The normalized spacial score (nSPS) is 15.5. The van der Waals surface area contributed by atoms with Crippen LogP contribution in [0.4, 0.5) is 5.69 Å². The number of pyridine rings is 2. The third-order valence-corrected chi connectivity index (χ3v) is 4.76. The number of nitrogens with one attached hydrogen (secondary N) is 1. The number of rotatable bonds is 5. The highest BCUT2D eigenvalue weighted by atomic mass is 16.5. The predicted octanol–water partition coefficient (Wildman–Crippen LogP) is 3.82. The van der Waals surface area contributed by atoms with Crippen LogP contribution in [0.25, 0.3) is 11.1 Å². The van der Waals surface area contributed by atoms with Crippen molar-refractivity contribution in [3.8, 4) is 16.9 Å². The average Bonchev–Trinajstić information content (AvgIpc) is 2.72. The fourth-order valence-electron chi connectivity index (χ4n) is 3.34. The molecule has 0 spiro atoms. The summed E-state index contributed by atoms with van der Waals surface area (Å²) in [7, 11) is 0. The zero-order chi connectivity index (χ0) is 18.6. The van der Waals surface area contributed by atoms with Crippen LogP contribution in [-0.4, -0.2) is 34.2 Å². The highest BCUT2D eigenvalue weighted by molar-refractivity contribution is 5.93. The standard InChI is InChI=1S/C21H19N3O3/c25-21(26)18-5-8-23-13-19(18)24-12-16-6-9-27-20-10-14(3-4-17(16)20)15-2-1-7-22-11-15/h1-5,7-8,10-11,13,16,24H,6,9,12H2,(H,25,26)/t16-/m1/s1. The van der Waals surface area contributed by atoms with E-state index in [0.29, 0.717) is 18.8 Å². The zero-order valence-electron chi connectivity index (χ0n) is 14.6. The minimum atomic E-state index is -0.964. The number of anilines is 1. The lowest BCUT2D eigenvalue weighted by Crippen LogP contribution is -2.21. The number of benzene rings is 1. The van der Waals surface area contributed by atoms with Crippen molar-refractivity contribution >= 4 is 11.7 Å². The van der Waals surface area contributed by atoms with Crippen LogP contribution < -0.4 is 10.1 Å². The Morgan fingerprint density at radius 1 is 1.15 bits per heavy atom. The zero-order valence-corrected chi connectivity index (χ0v) is 14.6. The molecule has 0 saturated carbocycles. The van der Waals surface area contributed by atoms with Gasteiger partial charge in [-0.2, -0.15) is 0 Å². The molecule has 0 amide bonds. The molecule has 1 aromatic carbocycles. The molecule has 2 N–H and O–H groups in total. The topological polar surface area (TPSA) is 84.3 Å². The van der Waals surface area contributed by atoms with Crippen LogP contribution in [0.1, 0.15) is 28.3 Å². The monoisotopic (exact) mass is 361 g/mol. The first-order valence-corrected chi connectivity index (χ1v) is 8.80. The molecule has 0 aliphatic carbocycles. The predicted molar refractivity (Wildman–Crippen MR) is 102 cm³/mol. The third-order valence-electron chi connectivity index (χ3n) is 4.76. The Morgan fingerprint density at radius 3 is 2.85 bits per heavy atom. The maximum Gasteiger partial charge on any atom is 0.337 e. The van der Waals surface area contributed by atoms with Gasteiger partial charge in [0.2, 0.25) is 0 Å². The molecule has 6 nitrogen and oxygen atoms in total. The fraction of sp³-hybridized carbons (Fsp3) is 0.190. The number of carboxylic acid groups (broad SMARTS) is 1. The molecule has 0 saturated heterocycles. The highest BCUT2D eigenvalue weighted by Gasteiger charge is 2.22. The van der Waals surface area contributed by atoms with Crippen LogP contribution in [0.2, 0.25) is 0 Å². The first-order chi connectivity index (χ1) is 13.2. The molecule has 0 bridgehead atoms. The van der Waals surface area contributed by atoms with E-state index >= 15 is 0 Å². The van der Waals surface area contributed by atoms with Crippen LogP contribution in [0.3, 0.4) is 0 Å². The number of aromatic carboxylic acids is 1. The summed E-state index contributed by atoms with van der Waals surface area (Å²) in [6.45, 7) is 1.25. The van der Waals surface area contributed by atoms with Crippen LogP contribution in [0.15, 0.2) is 61.2 Å². The number of nitrogens with zero attached hydrogens (tertiary/aromatic N) is 2. The molecular weight excluding hydrogens is 342 g/mol. The van der Waals surface area contributed by atoms with E-state index in [2.05, 4.69) is 27.4 Å². The van der Waals surface area contributed by atoms with Crippen molar-refractivity contribution in [3.63, 3.8) is 0 Å². The van der Waals surface area contributed by atoms with Gasteiger partial charge < -0.3 is 15.2 Å². The second-order valence-electron chi connectivity index (χ2n) is 6.44. The summed E-state index contributed by atoms with van der Waals surface area (Å²) in [6, 6.07) is 11.6. The Labute approximate surface area is 156 Å². The number of hydrogen-bond acceptors (Lipinski definition) is 5. The second-order valence-corrected chi connectivity index (χ2v) is 6.44. The molecule has 0 unspecified atom stereocenters. The molecular formula is C21H19N3O3. The van der Waals surface area contributed by atoms with Crippen LogP contribution >= 0.6 is 0 Å². The van der Waals surface area contributed by atoms with E-state index < -0.39 is 5.97 Å². The van der Waals surface area contributed by atoms with E-state index in [1.54, 1.807) is 12.4 Å². The number of hydrogen-bond donors (Lipinski definition) is 2. The molecule has 1 aliphatic rings. The van der Waals surface area contributed by atoms with Crippen molar-refractivity contribution < 1.29 is 14.6 Å². The molecule has 1 aliphatic heterocycles. The van der Waals surface area contributed by atoms with Gasteiger partial charge in [-0.3, -0.25) is 9.97 Å². The molecule has 1 atom stereocenters. The van der Waals surface area contributed by atoms with Crippen LogP contribution in [-0.2, 0) is 0 Å². The van der Waals surface area contributed by atoms with Gasteiger partial charge in [0.25, 0.3) is 0 Å². The van der Waals surface area contributed by atoms with Crippen molar-refractivity contribution in [1.29, 1.82) is 0 Å². The number of carboxylic acids is 1. The summed E-state index contributed by atoms with van der Waals surface area (Å²) >= 11 is 0. The Morgan fingerprint density at radius 2 is 2.04 bits per heavy atom. The molecule has 6 heteroatoms. The molecule has 4 rings (SSSR count). The lowest BCUT2D eigenvalue weighted by Gasteiger charge is -2.27. The van der Waals surface area contributed by atoms with E-state index in [9.17, 15) is 9.90 Å².